The van der Waals surface area contributed by atoms with Gasteiger partial charge in [0.05, 0.1) is 21.7 Å². The Hall–Kier alpha value is -2.55. The summed E-state index contributed by atoms with van der Waals surface area (Å²) >= 11 is 0. The highest BCUT2D eigenvalue weighted by Gasteiger charge is 2.37. The fraction of sp³-hybridized carbons (Fsp3) is 0.263. The SMILES string of the molecule is CN1CCN(S(=O)(=O)c2cccc(N3C(=O)c4ccccc4C3=O)c2)CC1. The van der Waals surface area contributed by atoms with Crippen molar-refractivity contribution in [2.45, 2.75) is 4.90 Å². The quantitative estimate of drug-likeness (QED) is 0.747. The second kappa shape index (κ2) is 6.56. The summed E-state index contributed by atoms with van der Waals surface area (Å²) < 4.78 is 27.4. The Labute approximate surface area is 157 Å². The molecule has 2 amide bonds. The number of hydrogen-bond donors (Lipinski definition) is 0. The highest BCUT2D eigenvalue weighted by molar-refractivity contribution is 7.89. The third-order valence-electron chi connectivity index (χ3n) is 4.97. The molecule has 0 unspecified atom stereocenters. The van der Waals surface area contributed by atoms with Crippen LogP contribution in [0.5, 0.6) is 0 Å². The number of benzene rings is 2. The summed E-state index contributed by atoms with van der Waals surface area (Å²) in [6.45, 7) is 2.15. The molecule has 0 aliphatic carbocycles. The molecule has 0 N–H and O–H groups in total. The molecule has 0 saturated carbocycles. The third kappa shape index (κ3) is 2.95. The molecular formula is C19H19N3O4S. The van der Waals surface area contributed by atoms with E-state index >= 15 is 0 Å². The van der Waals surface area contributed by atoms with Crippen LogP contribution < -0.4 is 4.90 Å². The zero-order valence-corrected chi connectivity index (χ0v) is 15.6. The maximum atomic E-state index is 13.0. The van der Waals surface area contributed by atoms with E-state index in [2.05, 4.69) is 4.90 Å². The molecule has 0 spiro atoms. The van der Waals surface area contributed by atoms with E-state index in [4.69, 9.17) is 0 Å². The van der Waals surface area contributed by atoms with Crippen molar-refractivity contribution >= 4 is 27.5 Å². The van der Waals surface area contributed by atoms with Crippen LogP contribution in [-0.4, -0.2) is 62.7 Å². The Morgan fingerprint density at radius 2 is 1.41 bits per heavy atom. The molecule has 140 valence electrons. The minimum absolute atomic E-state index is 0.0844. The molecule has 1 fully saturated rings. The van der Waals surface area contributed by atoms with E-state index in [1.165, 1.54) is 16.4 Å². The van der Waals surface area contributed by atoms with Gasteiger partial charge in [-0.05, 0) is 37.4 Å². The fourth-order valence-corrected chi connectivity index (χ4v) is 4.85. The molecule has 4 rings (SSSR count). The molecule has 1 saturated heterocycles. The lowest BCUT2D eigenvalue weighted by molar-refractivity contribution is 0.0926. The second-order valence-corrected chi connectivity index (χ2v) is 8.63. The normalized spacial score (nSPS) is 18.8. The summed E-state index contributed by atoms with van der Waals surface area (Å²) in [5.74, 6) is -0.880. The van der Waals surface area contributed by atoms with E-state index in [-0.39, 0.29) is 10.6 Å². The first-order valence-electron chi connectivity index (χ1n) is 8.66. The number of nitrogens with zero attached hydrogens (tertiary/aromatic N) is 3. The number of sulfonamides is 1. The van der Waals surface area contributed by atoms with Crippen molar-refractivity contribution in [3.05, 3.63) is 59.7 Å². The largest absolute Gasteiger partial charge is 0.304 e. The van der Waals surface area contributed by atoms with E-state index in [1.807, 2.05) is 7.05 Å². The highest BCUT2D eigenvalue weighted by atomic mass is 32.2. The number of anilines is 1. The zero-order valence-electron chi connectivity index (χ0n) is 14.8. The van der Waals surface area contributed by atoms with Gasteiger partial charge in [-0.1, -0.05) is 18.2 Å². The van der Waals surface area contributed by atoms with Crippen LogP contribution in [0.1, 0.15) is 20.7 Å². The van der Waals surface area contributed by atoms with Crippen LogP contribution in [0.4, 0.5) is 5.69 Å². The molecule has 2 heterocycles. The van der Waals surface area contributed by atoms with Crippen LogP contribution in [-0.2, 0) is 10.0 Å². The lowest BCUT2D eigenvalue weighted by Gasteiger charge is -2.31. The van der Waals surface area contributed by atoms with Crippen molar-refractivity contribution in [3.63, 3.8) is 0 Å². The van der Waals surface area contributed by atoms with Gasteiger partial charge in [0.2, 0.25) is 10.0 Å². The molecule has 2 aliphatic heterocycles. The molecule has 2 aromatic rings. The maximum absolute atomic E-state index is 13.0. The molecule has 0 bridgehead atoms. The summed E-state index contributed by atoms with van der Waals surface area (Å²) in [5.41, 5.74) is 0.918. The second-order valence-electron chi connectivity index (χ2n) is 6.70. The average Bonchev–Trinajstić information content (AvgIpc) is 2.93. The minimum atomic E-state index is -3.68. The topological polar surface area (TPSA) is 78.0 Å². The summed E-state index contributed by atoms with van der Waals surface area (Å²) in [5, 5.41) is 0. The van der Waals surface area contributed by atoms with E-state index in [1.54, 1.807) is 36.4 Å². The lowest BCUT2D eigenvalue weighted by atomic mass is 10.1. The van der Waals surface area contributed by atoms with Gasteiger partial charge in [-0.25, -0.2) is 13.3 Å². The zero-order chi connectivity index (χ0) is 19.2. The molecule has 8 heteroatoms. The third-order valence-corrected chi connectivity index (χ3v) is 6.86. The van der Waals surface area contributed by atoms with Gasteiger partial charge in [-0.3, -0.25) is 9.59 Å². The van der Waals surface area contributed by atoms with Crippen LogP contribution in [0.15, 0.2) is 53.4 Å². The maximum Gasteiger partial charge on any atom is 0.266 e. The molecule has 0 atom stereocenters. The number of imide groups is 1. The van der Waals surface area contributed by atoms with E-state index in [0.29, 0.717) is 37.3 Å². The molecule has 2 aliphatic rings. The first-order chi connectivity index (χ1) is 12.9. The van der Waals surface area contributed by atoms with Crippen LogP contribution in [0, 0.1) is 0 Å². The van der Waals surface area contributed by atoms with Crippen LogP contribution in [0.2, 0.25) is 0 Å². The minimum Gasteiger partial charge on any atom is -0.304 e. The summed E-state index contributed by atoms with van der Waals surface area (Å²) in [7, 11) is -1.73. The predicted octanol–water partition coefficient (Wildman–Crippen LogP) is 1.42. The monoisotopic (exact) mass is 385 g/mol. The summed E-state index contributed by atoms with van der Waals surface area (Å²) in [4.78, 5) is 28.5. The van der Waals surface area contributed by atoms with Gasteiger partial charge in [-0.15, -0.1) is 0 Å². The van der Waals surface area contributed by atoms with Crippen molar-refractivity contribution in [3.8, 4) is 0 Å². The van der Waals surface area contributed by atoms with Crippen molar-refractivity contribution in [1.82, 2.24) is 9.21 Å². The smallest absolute Gasteiger partial charge is 0.266 e. The number of fused-ring (bicyclic) bond motifs is 1. The van der Waals surface area contributed by atoms with E-state index in [0.717, 1.165) is 4.90 Å². The van der Waals surface area contributed by atoms with Gasteiger partial charge in [0.15, 0.2) is 0 Å². The van der Waals surface area contributed by atoms with Gasteiger partial charge in [0.25, 0.3) is 11.8 Å². The molecular weight excluding hydrogens is 366 g/mol. The van der Waals surface area contributed by atoms with Gasteiger partial charge in [0.1, 0.15) is 0 Å². The van der Waals surface area contributed by atoms with Crippen molar-refractivity contribution in [1.29, 1.82) is 0 Å². The molecule has 0 radical (unpaired) electrons. The number of likely N-dealkylation sites (N-methyl/N-ethyl adjacent to an activating group) is 1. The molecule has 2 aromatic carbocycles. The number of amides is 2. The molecule has 27 heavy (non-hydrogen) atoms. The van der Waals surface area contributed by atoms with Crippen molar-refractivity contribution in [2.75, 3.05) is 38.1 Å². The number of carbonyl (C=O) groups is 2. The number of piperazine rings is 1. The van der Waals surface area contributed by atoms with Crippen LogP contribution in [0.25, 0.3) is 0 Å². The molecule has 7 nitrogen and oxygen atoms in total. The van der Waals surface area contributed by atoms with Crippen molar-refractivity contribution < 1.29 is 18.0 Å². The number of carbonyl (C=O) groups excluding carboxylic acids is 2. The summed E-state index contributed by atoms with van der Waals surface area (Å²) in [6, 6.07) is 12.6. The Kier molecular flexibility index (Phi) is 4.33. The lowest BCUT2D eigenvalue weighted by Crippen LogP contribution is -2.47. The van der Waals surface area contributed by atoms with Gasteiger partial charge >= 0.3 is 0 Å². The first kappa shape index (κ1) is 17.8. The predicted molar refractivity (Wildman–Crippen MR) is 100 cm³/mol. The Morgan fingerprint density at radius 1 is 0.815 bits per heavy atom. The Balaban J connectivity index is 1.68. The standard InChI is InChI=1S/C19H19N3O4S/c1-20-9-11-21(12-10-20)27(25,26)15-6-4-5-14(13-15)22-18(23)16-7-2-3-8-17(16)19(22)24/h2-8,13H,9-12H2,1H3. The van der Waals surface area contributed by atoms with Gasteiger partial charge in [0, 0.05) is 26.2 Å². The van der Waals surface area contributed by atoms with Crippen LogP contribution in [0.3, 0.4) is 0 Å². The Morgan fingerprint density at radius 3 is 2.00 bits per heavy atom. The highest BCUT2D eigenvalue weighted by Crippen LogP contribution is 2.30. The van der Waals surface area contributed by atoms with Gasteiger partial charge in [-0.2, -0.15) is 4.31 Å². The fourth-order valence-electron chi connectivity index (χ4n) is 3.38. The average molecular weight is 385 g/mol. The van der Waals surface area contributed by atoms with E-state index < -0.39 is 21.8 Å². The summed E-state index contributed by atoms with van der Waals surface area (Å²) in [6.07, 6.45) is 0. The number of hydrogen-bond acceptors (Lipinski definition) is 5. The number of rotatable bonds is 3. The van der Waals surface area contributed by atoms with Crippen molar-refractivity contribution in [2.24, 2.45) is 0 Å². The molecule has 0 aromatic heterocycles. The first-order valence-corrected chi connectivity index (χ1v) is 10.1. The van der Waals surface area contributed by atoms with Crippen LogP contribution >= 0.6 is 0 Å². The Bertz CT molecular complexity index is 992. The van der Waals surface area contributed by atoms with E-state index in [9.17, 15) is 18.0 Å². The van der Waals surface area contributed by atoms with Gasteiger partial charge < -0.3 is 4.90 Å².